The Morgan fingerprint density at radius 2 is 2.04 bits per heavy atom. The van der Waals surface area contributed by atoms with Crippen molar-refractivity contribution in [1.82, 2.24) is 14.8 Å². The highest BCUT2D eigenvalue weighted by Gasteiger charge is 2.28. The molecule has 27 heavy (non-hydrogen) atoms. The van der Waals surface area contributed by atoms with Gasteiger partial charge < -0.3 is 9.64 Å². The third-order valence-corrected chi connectivity index (χ3v) is 5.72. The zero-order valence-electron chi connectivity index (χ0n) is 15.7. The minimum absolute atomic E-state index is 0.0796. The number of benzene rings is 1. The van der Waals surface area contributed by atoms with Crippen LogP contribution in [-0.2, 0) is 4.79 Å². The highest BCUT2D eigenvalue weighted by atomic mass is 19.1. The van der Waals surface area contributed by atoms with Crippen molar-refractivity contribution in [3.05, 3.63) is 36.3 Å². The maximum absolute atomic E-state index is 13.6. The molecule has 2 fully saturated rings. The van der Waals surface area contributed by atoms with Crippen molar-refractivity contribution < 1.29 is 13.9 Å². The smallest absolute Gasteiger partial charge is 0.236 e. The lowest BCUT2D eigenvalue weighted by molar-refractivity contribution is -0.133. The zero-order chi connectivity index (χ0) is 18.8. The number of nitrogens with zero attached hydrogens (tertiary/aromatic N) is 3. The number of ether oxygens (including phenoxy) is 1. The predicted octanol–water partition coefficient (Wildman–Crippen LogP) is 3.23. The number of rotatable bonds is 4. The summed E-state index contributed by atoms with van der Waals surface area (Å²) in [6, 6.07) is 6.73. The van der Waals surface area contributed by atoms with E-state index in [1.54, 1.807) is 18.3 Å². The van der Waals surface area contributed by atoms with Crippen molar-refractivity contribution in [3.8, 4) is 5.75 Å². The van der Waals surface area contributed by atoms with Crippen molar-refractivity contribution >= 4 is 16.8 Å². The molecule has 0 unspecified atom stereocenters. The Labute approximate surface area is 159 Å². The van der Waals surface area contributed by atoms with Crippen LogP contribution in [0.5, 0.6) is 5.75 Å². The molecular weight excluding hydrogens is 345 g/mol. The van der Waals surface area contributed by atoms with Gasteiger partial charge in [0.05, 0.1) is 12.1 Å². The molecule has 1 amide bonds. The Kier molecular flexibility index (Phi) is 5.25. The van der Waals surface area contributed by atoms with E-state index < -0.39 is 0 Å². The molecule has 0 bridgehead atoms. The van der Waals surface area contributed by atoms with E-state index in [4.69, 9.17) is 4.74 Å². The van der Waals surface area contributed by atoms with Crippen LogP contribution < -0.4 is 4.74 Å². The molecule has 1 atom stereocenters. The van der Waals surface area contributed by atoms with Gasteiger partial charge in [-0.1, -0.05) is 0 Å². The van der Waals surface area contributed by atoms with Crippen LogP contribution in [0.2, 0.25) is 0 Å². The Hall–Kier alpha value is -2.21. The molecule has 1 aromatic heterocycles. The lowest BCUT2D eigenvalue weighted by atomic mass is 10.1. The molecule has 1 aromatic carbocycles. The molecule has 5 nitrogen and oxygen atoms in total. The monoisotopic (exact) mass is 371 g/mol. The number of carbonyl (C=O) groups is 1. The highest BCUT2D eigenvalue weighted by Crippen LogP contribution is 2.27. The number of halogens is 1. The van der Waals surface area contributed by atoms with Gasteiger partial charge >= 0.3 is 0 Å². The summed E-state index contributed by atoms with van der Waals surface area (Å²) in [6.07, 6.45) is 5.73. The summed E-state index contributed by atoms with van der Waals surface area (Å²) in [4.78, 5) is 21.0. The fourth-order valence-electron chi connectivity index (χ4n) is 4.15. The van der Waals surface area contributed by atoms with Gasteiger partial charge in [-0.05, 0) is 56.9 Å². The van der Waals surface area contributed by atoms with Crippen molar-refractivity contribution in [1.29, 1.82) is 0 Å². The summed E-state index contributed by atoms with van der Waals surface area (Å²) in [5, 5.41) is 0.707. The molecule has 2 aliphatic rings. The number of amides is 1. The summed E-state index contributed by atoms with van der Waals surface area (Å²) >= 11 is 0. The molecule has 2 aliphatic heterocycles. The molecule has 2 aromatic rings. The second kappa shape index (κ2) is 7.80. The number of likely N-dealkylation sites (tertiary alicyclic amines) is 2. The highest BCUT2D eigenvalue weighted by molar-refractivity contribution is 5.84. The second-order valence-electron chi connectivity index (χ2n) is 7.64. The molecule has 0 radical (unpaired) electrons. The van der Waals surface area contributed by atoms with Gasteiger partial charge in [0.25, 0.3) is 0 Å². The van der Waals surface area contributed by atoms with Crippen LogP contribution in [0.3, 0.4) is 0 Å². The summed E-state index contributed by atoms with van der Waals surface area (Å²) < 4.78 is 19.8. The fourth-order valence-corrected chi connectivity index (χ4v) is 4.15. The molecule has 144 valence electrons. The van der Waals surface area contributed by atoms with E-state index in [-0.39, 0.29) is 17.8 Å². The van der Waals surface area contributed by atoms with E-state index in [1.165, 1.54) is 12.1 Å². The van der Waals surface area contributed by atoms with Gasteiger partial charge in [-0.25, -0.2) is 4.39 Å². The van der Waals surface area contributed by atoms with Crippen LogP contribution in [0.4, 0.5) is 4.39 Å². The SMILES string of the molecule is C[C@@H]1CCCN1C(=O)CN1CCC(Oc2ccnc3ccc(F)cc23)CC1. The Bertz CT molecular complexity index is 820. The van der Waals surface area contributed by atoms with Crippen molar-refractivity contribution in [2.45, 2.75) is 44.8 Å². The maximum atomic E-state index is 13.6. The normalized spacial score (nSPS) is 21.7. The minimum Gasteiger partial charge on any atom is -0.490 e. The zero-order valence-corrected chi connectivity index (χ0v) is 15.7. The van der Waals surface area contributed by atoms with E-state index in [2.05, 4.69) is 16.8 Å². The second-order valence-corrected chi connectivity index (χ2v) is 7.64. The number of fused-ring (bicyclic) bond motifs is 1. The Morgan fingerprint density at radius 1 is 1.22 bits per heavy atom. The first-order valence-electron chi connectivity index (χ1n) is 9.83. The molecule has 2 saturated heterocycles. The van der Waals surface area contributed by atoms with Crippen molar-refractivity contribution in [2.24, 2.45) is 0 Å². The quantitative estimate of drug-likeness (QED) is 0.828. The molecule has 0 saturated carbocycles. The summed E-state index contributed by atoms with van der Waals surface area (Å²) in [6.45, 7) is 5.21. The van der Waals surface area contributed by atoms with Crippen LogP contribution >= 0.6 is 0 Å². The topological polar surface area (TPSA) is 45.7 Å². The number of carbonyl (C=O) groups excluding carboxylic acids is 1. The van der Waals surface area contributed by atoms with Crippen molar-refractivity contribution in [2.75, 3.05) is 26.2 Å². The third-order valence-electron chi connectivity index (χ3n) is 5.72. The van der Waals surface area contributed by atoms with Gasteiger partial charge in [-0.2, -0.15) is 0 Å². The predicted molar refractivity (Wildman–Crippen MR) is 102 cm³/mol. The van der Waals surface area contributed by atoms with Crippen LogP contribution in [-0.4, -0.2) is 59.0 Å². The molecule has 6 heteroatoms. The van der Waals surface area contributed by atoms with Crippen LogP contribution in [0.15, 0.2) is 30.5 Å². The summed E-state index contributed by atoms with van der Waals surface area (Å²) in [5.41, 5.74) is 0.733. The third kappa shape index (κ3) is 4.05. The molecular formula is C21H26FN3O2. The summed E-state index contributed by atoms with van der Waals surface area (Å²) in [5.74, 6) is 0.639. The van der Waals surface area contributed by atoms with E-state index in [1.807, 2.05) is 4.90 Å². The first-order valence-corrected chi connectivity index (χ1v) is 9.83. The Balaban J connectivity index is 1.33. The minimum atomic E-state index is -0.287. The average molecular weight is 371 g/mol. The average Bonchev–Trinajstić information content (AvgIpc) is 3.10. The standard InChI is InChI=1S/C21H26FN3O2/c1-15-3-2-10-25(15)21(26)14-24-11-7-17(8-12-24)27-20-6-9-23-19-5-4-16(22)13-18(19)20/h4-6,9,13,15,17H,2-3,7-8,10-12,14H2,1H3/t15-/m1/s1. The number of hydrogen-bond donors (Lipinski definition) is 0. The lowest BCUT2D eigenvalue weighted by Gasteiger charge is -2.33. The van der Waals surface area contributed by atoms with Gasteiger partial charge in [0.2, 0.25) is 5.91 Å². The van der Waals surface area contributed by atoms with E-state index in [0.29, 0.717) is 23.7 Å². The van der Waals surface area contributed by atoms with Gasteiger partial charge in [-0.3, -0.25) is 14.7 Å². The molecule has 0 aliphatic carbocycles. The van der Waals surface area contributed by atoms with Crippen LogP contribution in [0.1, 0.15) is 32.6 Å². The summed E-state index contributed by atoms with van der Waals surface area (Å²) in [7, 11) is 0. The van der Waals surface area contributed by atoms with Gasteiger partial charge in [0.1, 0.15) is 17.7 Å². The maximum Gasteiger partial charge on any atom is 0.236 e. The molecule has 0 N–H and O–H groups in total. The van der Waals surface area contributed by atoms with E-state index in [9.17, 15) is 9.18 Å². The fraction of sp³-hybridized carbons (Fsp3) is 0.524. The lowest BCUT2D eigenvalue weighted by Crippen LogP contribution is -2.45. The molecule has 3 heterocycles. The first kappa shape index (κ1) is 18.2. The van der Waals surface area contributed by atoms with E-state index in [0.717, 1.165) is 50.8 Å². The molecule has 0 spiro atoms. The Morgan fingerprint density at radius 3 is 2.78 bits per heavy atom. The number of pyridine rings is 1. The van der Waals surface area contributed by atoms with Crippen LogP contribution in [0.25, 0.3) is 10.9 Å². The number of piperidine rings is 1. The first-order chi connectivity index (χ1) is 13.1. The van der Waals surface area contributed by atoms with Crippen LogP contribution in [0, 0.1) is 5.82 Å². The van der Waals surface area contributed by atoms with Gasteiger partial charge in [0.15, 0.2) is 0 Å². The van der Waals surface area contributed by atoms with E-state index >= 15 is 0 Å². The number of hydrogen-bond acceptors (Lipinski definition) is 4. The van der Waals surface area contributed by atoms with Gasteiger partial charge in [0, 0.05) is 37.3 Å². The molecule has 4 rings (SSSR count). The largest absolute Gasteiger partial charge is 0.490 e. The number of aromatic nitrogens is 1. The van der Waals surface area contributed by atoms with Gasteiger partial charge in [-0.15, -0.1) is 0 Å². The van der Waals surface area contributed by atoms with Crippen molar-refractivity contribution in [3.63, 3.8) is 0 Å².